The van der Waals surface area contributed by atoms with Crippen LogP contribution in [0.25, 0.3) is 0 Å². The van der Waals surface area contributed by atoms with Crippen molar-refractivity contribution in [1.82, 2.24) is 19.8 Å². The highest BCUT2D eigenvalue weighted by molar-refractivity contribution is 5.47. The zero-order chi connectivity index (χ0) is 17.6. The maximum Gasteiger partial charge on any atom is 0.220 e. The maximum atomic E-state index is 11.0. The van der Waals surface area contributed by atoms with Crippen LogP contribution in [-0.4, -0.2) is 66.6 Å². The minimum absolute atomic E-state index is 0.126. The molecule has 7 heteroatoms. The summed E-state index contributed by atoms with van der Waals surface area (Å²) >= 11 is 0. The number of amides is 1. The van der Waals surface area contributed by atoms with Crippen LogP contribution in [-0.2, 0) is 4.79 Å². The largest absolute Gasteiger partial charge is 0.481 e. The van der Waals surface area contributed by atoms with Crippen LogP contribution < -0.4 is 9.47 Å². The highest BCUT2D eigenvalue weighted by Crippen LogP contribution is 2.29. The third-order valence-electron chi connectivity index (χ3n) is 4.34. The van der Waals surface area contributed by atoms with Gasteiger partial charge in [-0.05, 0) is 5.56 Å². The predicted molar refractivity (Wildman–Crippen MR) is 92.6 cm³/mol. The van der Waals surface area contributed by atoms with Crippen molar-refractivity contribution in [3.8, 4) is 11.8 Å². The van der Waals surface area contributed by atoms with Gasteiger partial charge < -0.3 is 14.4 Å². The monoisotopic (exact) mass is 342 g/mol. The molecule has 2 aromatic rings. The van der Waals surface area contributed by atoms with Gasteiger partial charge in [0, 0.05) is 26.2 Å². The van der Waals surface area contributed by atoms with E-state index in [-0.39, 0.29) is 6.04 Å². The highest BCUT2D eigenvalue weighted by Gasteiger charge is 2.29. The van der Waals surface area contributed by atoms with E-state index in [1.165, 1.54) is 0 Å². The Labute approximate surface area is 147 Å². The molecule has 25 heavy (non-hydrogen) atoms. The summed E-state index contributed by atoms with van der Waals surface area (Å²) in [6.07, 6.45) is 0.903. The number of carbonyl (C=O) groups is 1. The van der Waals surface area contributed by atoms with E-state index in [0.29, 0.717) is 30.7 Å². The Morgan fingerprint density at radius 3 is 2.12 bits per heavy atom. The summed E-state index contributed by atoms with van der Waals surface area (Å²) in [6.45, 7) is 2.88. The van der Waals surface area contributed by atoms with Gasteiger partial charge in [-0.15, -0.1) is 0 Å². The van der Waals surface area contributed by atoms with E-state index in [9.17, 15) is 4.79 Å². The van der Waals surface area contributed by atoms with Gasteiger partial charge in [0.1, 0.15) is 0 Å². The zero-order valence-corrected chi connectivity index (χ0v) is 14.5. The van der Waals surface area contributed by atoms with Gasteiger partial charge in [0.25, 0.3) is 0 Å². The Morgan fingerprint density at radius 2 is 1.60 bits per heavy atom. The Balaban J connectivity index is 1.99. The zero-order valence-electron chi connectivity index (χ0n) is 14.5. The first-order valence-electron chi connectivity index (χ1n) is 8.20. The number of hydrogen-bond acceptors (Lipinski definition) is 6. The van der Waals surface area contributed by atoms with E-state index in [2.05, 4.69) is 27.0 Å². The first kappa shape index (κ1) is 17.2. The van der Waals surface area contributed by atoms with Crippen molar-refractivity contribution in [3.63, 3.8) is 0 Å². The van der Waals surface area contributed by atoms with Crippen molar-refractivity contribution >= 4 is 6.41 Å². The van der Waals surface area contributed by atoms with Crippen LogP contribution in [0.1, 0.15) is 17.4 Å². The van der Waals surface area contributed by atoms with E-state index < -0.39 is 0 Å². The third-order valence-corrected chi connectivity index (χ3v) is 4.34. The summed E-state index contributed by atoms with van der Waals surface area (Å²) < 4.78 is 10.6. The van der Waals surface area contributed by atoms with Gasteiger partial charge in [-0.1, -0.05) is 30.3 Å². The fourth-order valence-corrected chi connectivity index (χ4v) is 3.01. The van der Waals surface area contributed by atoms with Crippen LogP contribution in [0, 0.1) is 0 Å². The van der Waals surface area contributed by atoms with Gasteiger partial charge in [-0.2, -0.15) is 9.97 Å². The Bertz CT molecular complexity index is 680. The summed E-state index contributed by atoms with van der Waals surface area (Å²) in [5.74, 6) is 1.56. The number of hydrogen-bond donors (Lipinski definition) is 0. The molecule has 1 aromatic heterocycles. The van der Waals surface area contributed by atoms with Crippen molar-refractivity contribution in [1.29, 1.82) is 0 Å². The lowest BCUT2D eigenvalue weighted by atomic mass is 10.0. The van der Waals surface area contributed by atoms with Gasteiger partial charge >= 0.3 is 0 Å². The van der Waals surface area contributed by atoms with Crippen LogP contribution in [0.2, 0.25) is 0 Å². The van der Waals surface area contributed by atoms with E-state index in [1.54, 1.807) is 25.2 Å². The van der Waals surface area contributed by atoms with E-state index in [0.717, 1.165) is 25.1 Å². The van der Waals surface area contributed by atoms with Crippen molar-refractivity contribution in [2.75, 3.05) is 40.4 Å². The van der Waals surface area contributed by atoms with Crippen molar-refractivity contribution in [3.05, 3.63) is 47.8 Å². The van der Waals surface area contributed by atoms with Gasteiger partial charge in [-0.25, -0.2) is 0 Å². The number of rotatable bonds is 6. The molecule has 1 fully saturated rings. The van der Waals surface area contributed by atoms with Gasteiger partial charge in [-0.3, -0.25) is 9.69 Å². The quantitative estimate of drug-likeness (QED) is 0.739. The van der Waals surface area contributed by atoms with Crippen LogP contribution in [0.4, 0.5) is 0 Å². The summed E-state index contributed by atoms with van der Waals surface area (Å²) in [4.78, 5) is 24.2. The molecule has 1 aromatic carbocycles. The van der Waals surface area contributed by atoms with Crippen LogP contribution in [0.3, 0.4) is 0 Å². The molecule has 0 aliphatic carbocycles. The maximum absolute atomic E-state index is 11.0. The first-order valence-corrected chi connectivity index (χ1v) is 8.20. The summed E-state index contributed by atoms with van der Waals surface area (Å²) in [5, 5.41) is 0. The smallest absolute Gasteiger partial charge is 0.220 e. The lowest BCUT2D eigenvalue weighted by Crippen LogP contribution is -2.47. The minimum atomic E-state index is -0.126. The average molecular weight is 342 g/mol. The molecule has 1 aliphatic heterocycles. The molecule has 132 valence electrons. The fourth-order valence-electron chi connectivity index (χ4n) is 3.01. The van der Waals surface area contributed by atoms with Crippen molar-refractivity contribution in [2.45, 2.75) is 6.04 Å². The molecular weight excluding hydrogens is 320 g/mol. The van der Waals surface area contributed by atoms with Crippen LogP contribution in [0.15, 0.2) is 36.4 Å². The Kier molecular flexibility index (Phi) is 5.45. The second kappa shape index (κ2) is 7.94. The second-order valence-corrected chi connectivity index (χ2v) is 5.80. The molecule has 1 saturated heterocycles. The van der Waals surface area contributed by atoms with Gasteiger partial charge in [0.2, 0.25) is 18.2 Å². The molecule has 1 atom stereocenters. The standard InChI is InChI=1S/C18H22N4O3/c1-24-15-12-16(25-2)20-18(19-15)17(14-6-4-3-5-7-14)22-10-8-21(13-23)9-11-22/h3-7,12-13,17H,8-11H2,1-2H3. The Hall–Kier alpha value is -2.67. The number of benzene rings is 1. The van der Waals surface area contributed by atoms with Gasteiger partial charge in [0.05, 0.1) is 26.3 Å². The first-order chi connectivity index (χ1) is 12.2. The van der Waals surface area contributed by atoms with Crippen molar-refractivity contribution < 1.29 is 14.3 Å². The number of methoxy groups -OCH3 is 2. The van der Waals surface area contributed by atoms with E-state index in [1.807, 2.05) is 18.2 Å². The molecule has 3 rings (SSSR count). The molecule has 0 N–H and O–H groups in total. The van der Waals surface area contributed by atoms with E-state index >= 15 is 0 Å². The molecule has 0 spiro atoms. The fraction of sp³-hybridized carbons (Fsp3) is 0.389. The topological polar surface area (TPSA) is 67.8 Å². The molecule has 7 nitrogen and oxygen atoms in total. The number of carbonyl (C=O) groups excluding carboxylic acids is 1. The summed E-state index contributed by atoms with van der Waals surface area (Å²) in [6, 6.07) is 11.6. The van der Waals surface area contributed by atoms with Gasteiger partial charge in [0.15, 0.2) is 5.82 Å². The number of ether oxygens (including phenoxy) is 2. The van der Waals surface area contributed by atoms with E-state index in [4.69, 9.17) is 9.47 Å². The van der Waals surface area contributed by atoms with Crippen LogP contribution in [0.5, 0.6) is 11.8 Å². The lowest BCUT2D eigenvalue weighted by Gasteiger charge is -2.37. The molecular formula is C18H22N4O3. The number of nitrogens with zero attached hydrogens (tertiary/aromatic N) is 4. The molecule has 1 aliphatic rings. The average Bonchev–Trinajstić information content (AvgIpc) is 2.69. The lowest BCUT2D eigenvalue weighted by molar-refractivity contribution is -0.119. The normalized spacial score (nSPS) is 16.3. The second-order valence-electron chi connectivity index (χ2n) is 5.80. The molecule has 0 saturated carbocycles. The predicted octanol–water partition coefficient (Wildman–Crippen LogP) is 1.36. The molecule has 0 bridgehead atoms. The Morgan fingerprint density at radius 1 is 1.00 bits per heavy atom. The summed E-state index contributed by atoms with van der Waals surface area (Å²) in [5.41, 5.74) is 1.09. The summed E-state index contributed by atoms with van der Waals surface area (Å²) in [7, 11) is 3.15. The highest BCUT2D eigenvalue weighted by atomic mass is 16.5. The SMILES string of the molecule is COc1cc(OC)nc(C(c2ccccc2)N2CCN(C=O)CC2)n1. The molecule has 1 amide bonds. The molecule has 1 unspecified atom stereocenters. The van der Waals surface area contributed by atoms with Crippen molar-refractivity contribution in [2.24, 2.45) is 0 Å². The minimum Gasteiger partial charge on any atom is -0.481 e. The molecule has 0 radical (unpaired) electrons. The van der Waals surface area contributed by atoms with Crippen LogP contribution >= 0.6 is 0 Å². The third kappa shape index (κ3) is 3.88. The number of piperazine rings is 1. The molecule has 2 heterocycles. The number of aromatic nitrogens is 2.